The lowest BCUT2D eigenvalue weighted by atomic mass is 10.1. The van der Waals surface area contributed by atoms with E-state index < -0.39 is 0 Å². The number of nitrogens with one attached hydrogen (secondary N) is 1. The molecule has 2 heterocycles. The third kappa shape index (κ3) is 7.58. The van der Waals surface area contributed by atoms with E-state index in [1.54, 1.807) is 7.11 Å². The fourth-order valence-electron chi connectivity index (χ4n) is 4.09. The van der Waals surface area contributed by atoms with Crippen LogP contribution in [0, 0.1) is 0 Å². The van der Waals surface area contributed by atoms with E-state index in [4.69, 9.17) is 24.7 Å². The maximum absolute atomic E-state index is 12.6. The van der Waals surface area contributed by atoms with Gasteiger partial charge >= 0.3 is 17.7 Å². The number of fused-ring (bicyclic) bond motifs is 1. The molecule has 0 aliphatic heterocycles. The summed E-state index contributed by atoms with van der Waals surface area (Å²) in [6.45, 7) is 2.90. The maximum atomic E-state index is 12.6. The molecule has 3 N–H and O–H groups in total. The molecule has 2 aromatic carbocycles. The molecule has 0 unspecified atom stereocenters. The lowest BCUT2D eigenvalue weighted by Crippen LogP contribution is -2.24. The van der Waals surface area contributed by atoms with E-state index in [9.17, 15) is 9.59 Å². The van der Waals surface area contributed by atoms with Gasteiger partial charge in [0.1, 0.15) is 24.5 Å². The Hall–Kier alpha value is -4.42. The Balaban J connectivity index is 1.32. The molecule has 12 heteroatoms. The van der Waals surface area contributed by atoms with Gasteiger partial charge in [-0.05, 0) is 35.9 Å². The Bertz CT molecular complexity index is 1480. The number of hydrogen-bond acceptors (Lipinski definition) is 10. The summed E-state index contributed by atoms with van der Waals surface area (Å²) in [5.74, 6) is 0.574. The van der Waals surface area contributed by atoms with Crippen molar-refractivity contribution in [1.29, 1.82) is 0 Å². The molecule has 0 radical (unpaired) electrons. The minimum absolute atomic E-state index is 0.0889. The van der Waals surface area contributed by atoms with Gasteiger partial charge in [-0.15, -0.1) is 0 Å². The van der Waals surface area contributed by atoms with Crippen LogP contribution < -0.4 is 20.9 Å². The van der Waals surface area contributed by atoms with Crippen LogP contribution in [0.25, 0.3) is 11.2 Å². The number of carbonyl (C=O) groups is 1. The normalized spacial score (nSPS) is 11.2. The van der Waals surface area contributed by atoms with Gasteiger partial charge in [0.05, 0.1) is 26.7 Å². The number of esters is 1. The molecule has 0 saturated carbocycles. The topological polar surface area (TPSA) is 147 Å². The lowest BCUT2D eigenvalue weighted by molar-refractivity contribution is -0.139. The van der Waals surface area contributed by atoms with E-state index in [1.807, 2.05) is 55.6 Å². The zero-order valence-corrected chi connectivity index (χ0v) is 22.9. The van der Waals surface area contributed by atoms with Gasteiger partial charge in [-0.2, -0.15) is 9.97 Å². The van der Waals surface area contributed by atoms with E-state index in [0.29, 0.717) is 43.2 Å². The highest BCUT2D eigenvalue weighted by Gasteiger charge is 2.15. The van der Waals surface area contributed by atoms with Crippen LogP contribution in [0.1, 0.15) is 16.7 Å². The average molecular weight is 551 g/mol. The molecule has 0 bridgehead atoms. The van der Waals surface area contributed by atoms with Crippen molar-refractivity contribution < 1.29 is 23.7 Å². The zero-order chi connectivity index (χ0) is 28.5. The summed E-state index contributed by atoms with van der Waals surface area (Å²) in [6.07, 6.45) is 0.213. The largest absolute Gasteiger partial charge is 0.492 e. The third-order valence-corrected chi connectivity index (χ3v) is 6.18. The number of carbonyl (C=O) groups excluding carboxylic acids is 1. The maximum Gasteiger partial charge on any atom is 0.328 e. The second-order valence-electron chi connectivity index (χ2n) is 9.25. The SMILES string of the molecule is COCCOc1nc(N)c2[nH]c(=O)n(Cc3ccc(CN(C)CCOc4cccc(CC(=O)OC)c4)cc3)c2n1. The number of nitrogen functional groups attached to an aromatic ring is 1. The molecule has 0 aliphatic carbocycles. The van der Waals surface area contributed by atoms with Crippen molar-refractivity contribution in [2.24, 2.45) is 0 Å². The summed E-state index contributed by atoms with van der Waals surface area (Å²) in [6, 6.07) is 15.6. The van der Waals surface area contributed by atoms with Gasteiger partial charge in [-0.1, -0.05) is 36.4 Å². The predicted octanol–water partition coefficient (Wildman–Crippen LogP) is 2.00. The van der Waals surface area contributed by atoms with Crippen molar-refractivity contribution in [2.45, 2.75) is 19.5 Å². The first-order chi connectivity index (χ1) is 19.4. The first kappa shape index (κ1) is 28.6. The quantitative estimate of drug-likeness (QED) is 0.176. The van der Waals surface area contributed by atoms with Gasteiger partial charge in [0, 0.05) is 20.2 Å². The second kappa shape index (κ2) is 13.6. The number of aromatic amines is 1. The Morgan fingerprint density at radius 3 is 2.52 bits per heavy atom. The van der Waals surface area contributed by atoms with Crippen molar-refractivity contribution in [2.75, 3.05) is 53.4 Å². The number of hydrogen-bond donors (Lipinski definition) is 2. The van der Waals surface area contributed by atoms with Crippen LogP contribution in [0.15, 0.2) is 53.3 Å². The number of anilines is 1. The molecule has 12 nitrogen and oxygen atoms in total. The number of methoxy groups -OCH3 is 2. The molecule has 0 atom stereocenters. The fourth-order valence-corrected chi connectivity index (χ4v) is 4.09. The Kier molecular flexibility index (Phi) is 9.71. The number of H-pyrrole nitrogens is 1. The first-order valence-electron chi connectivity index (χ1n) is 12.8. The van der Waals surface area contributed by atoms with Gasteiger partial charge in [0.2, 0.25) is 0 Å². The van der Waals surface area contributed by atoms with Crippen LogP contribution in [-0.4, -0.2) is 78.0 Å². The Morgan fingerprint density at radius 2 is 1.77 bits per heavy atom. The van der Waals surface area contributed by atoms with E-state index in [0.717, 1.165) is 23.2 Å². The van der Waals surface area contributed by atoms with Gasteiger partial charge in [0.15, 0.2) is 11.5 Å². The zero-order valence-electron chi connectivity index (χ0n) is 22.9. The standard InChI is InChI=1S/C28H34N6O6/c1-33(11-12-39-22-6-4-5-21(15-22)16-23(35)38-3)17-19-7-9-20(10-8-19)18-34-26-24(30-28(34)36)25(29)31-27(32-26)40-14-13-37-2/h4-10,15H,11-14,16-18H2,1-3H3,(H,30,36)(H2,29,31,32). The van der Waals surface area contributed by atoms with E-state index in [2.05, 4.69) is 19.9 Å². The molecule has 2 aromatic heterocycles. The number of likely N-dealkylation sites (N-methyl/N-ethyl adjacent to an activating group) is 1. The smallest absolute Gasteiger partial charge is 0.328 e. The van der Waals surface area contributed by atoms with Gasteiger partial charge < -0.3 is 29.7 Å². The Morgan fingerprint density at radius 1 is 1.00 bits per heavy atom. The van der Waals surface area contributed by atoms with Gasteiger partial charge in [-0.3, -0.25) is 14.3 Å². The number of rotatable bonds is 14. The number of imidazole rings is 1. The monoisotopic (exact) mass is 550 g/mol. The molecule has 0 saturated heterocycles. The molecule has 4 aromatic rings. The molecule has 0 fully saturated rings. The summed E-state index contributed by atoms with van der Waals surface area (Å²) < 4.78 is 22.6. The number of ether oxygens (including phenoxy) is 4. The van der Waals surface area contributed by atoms with Crippen molar-refractivity contribution in [3.05, 3.63) is 75.7 Å². The molecule has 0 spiro atoms. The number of benzene rings is 2. The molecule has 0 aliphatic rings. The van der Waals surface area contributed by atoms with Gasteiger partial charge in [0.25, 0.3) is 0 Å². The second-order valence-corrected chi connectivity index (χ2v) is 9.25. The van der Waals surface area contributed by atoms with Crippen LogP contribution in [0.2, 0.25) is 0 Å². The number of nitrogens with two attached hydrogens (primary N) is 1. The summed E-state index contributed by atoms with van der Waals surface area (Å²) in [7, 11) is 4.97. The molecule has 0 amide bonds. The molecule has 4 rings (SSSR count). The van der Waals surface area contributed by atoms with Crippen molar-refractivity contribution in [3.63, 3.8) is 0 Å². The van der Waals surface area contributed by atoms with E-state index >= 15 is 0 Å². The summed E-state index contributed by atoms with van der Waals surface area (Å²) in [5, 5.41) is 0. The minimum Gasteiger partial charge on any atom is -0.492 e. The molecular weight excluding hydrogens is 516 g/mol. The van der Waals surface area contributed by atoms with Crippen LogP contribution >= 0.6 is 0 Å². The van der Waals surface area contributed by atoms with Crippen LogP contribution in [-0.2, 0) is 33.8 Å². The Labute approximate surface area is 231 Å². The van der Waals surface area contributed by atoms with Crippen LogP contribution in [0.3, 0.4) is 0 Å². The highest BCUT2D eigenvalue weighted by molar-refractivity contribution is 5.82. The summed E-state index contributed by atoms with van der Waals surface area (Å²) >= 11 is 0. The van der Waals surface area contributed by atoms with Crippen molar-refractivity contribution in [3.8, 4) is 11.8 Å². The van der Waals surface area contributed by atoms with E-state index in [-0.39, 0.29) is 36.5 Å². The first-order valence-corrected chi connectivity index (χ1v) is 12.8. The van der Waals surface area contributed by atoms with Crippen LogP contribution in [0.4, 0.5) is 5.82 Å². The highest BCUT2D eigenvalue weighted by Crippen LogP contribution is 2.19. The molecular formula is C28H34N6O6. The minimum atomic E-state index is -0.329. The lowest BCUT2D eigenvalue weighted by Gasteiger charge is -2.17. The number of aromatic nitrogens is 4. The summed E-state index contributed by atoms with van der Waals surface area (Å²) in [4.78, 5) is 37.5. The van der Waals surface area contributed by atoms with Crippen LogP contribution in [0.5, 0.6) is 11.8 Å². The average Bonchev–Trinajstić information content (AvgIpc) is 3.25. The predicted molar refractivity (Wildman–Crippen MR) is 149 cm³/mol. The van der Waals surface area contributed by atoms with E-state index in [1.165, 1.54) is 11.7 Å². The molecule has 212 valence electrons. The summed E-state index contributed by atoms with van der Waals surface area (Å²) in [5.41, 5.74) is 9.35. The molecule has 40 heavy (non-hydrogen) atoms. The highest BCUT2D eigenvalue weighted by atomic mass is 16.5. The fraction of sp³-hybridized carbons (Fsp3) is 0.357. The third-order valence-electron chi connectivity index (χ3n) is 6.18. The number of nitrogens with zero attached hydrogens (tertiary/aromatic N) is 4. The van der Waals surface area contributed by atoms with Gasteiger partial charge in [-0.25, -0.2) is 4.79 Å². The van der Waals surface area contributed by atoms with Crippen molar-refractivity contribution in [1.82, 2.24) is 24.4 Å². The van der Waals surface area contributed by atoms with Crippen molar-refractivity contribution >= 4 is 23.0 Å².